The Kier molecular flexibility index (Phi) is 5.62. The summed E-state index contributed by atoms with van der Waals surface area (Å²) in [5.74, 6) is 6.60. The fourth-order valence-corrected chi connectivity index (χ4v) is 1.87. The summed E-state index contributed by atoms with van der Waals surface area (Å²) >= 11 is 0. The third-order valence-corrected chi connectivity index (χ3v) is 3.06. The Morgan fingerprint density at radius 2 is 1.91 bits per heavy atom. The van der Waals surface area contributed by atoms with Gasteiger partial charge < -0.3 is 9.84 Å². The van der Waals surface area contributed by atoms with Gasteiger partial charge in [-0.25, -0.2) is 4.79 Å². The summed E-state index contributed by atoms with van der Waals surface area (Å²) in [6.07, 6.45) is 3.15. The lowest BCUT2D eigenvalue weighted by atomic mass is 10.2. The summed E-state index contributed by atoms with van der Waals surface area (Å²) in [6.45, 7) is 2.14. The van der Waals surface area contributed by atoms with E-state index in [1.165, 1.54) is 12.1 Å². The molecule has 0 fully saturated rings. The number of rotatable bonds is 5. The van der Waals surface area contributed by atoms with E-state index in [0.29, 0.717) is 11.5 Å². The van der Waals surface area contributed by atoms with Gasteiger partial charge in [0, 0.05) is 12.0 Å². The smallest absolute Gasteiger partial charge is 0.335 e. The van der Waals surface area contributed by atoms with Crippen molar-refractivity contribution in [3.63, 3.8) is 0 Å². The zero-order chi connectivity index (χ0) is 15.8. The summed E-state index contributed by atoms with van der Waals surface area (Å²) in [7, 11) is 0. The largest absolute Gasteiger partial charge is 0.478 e. The van der Waals surface area contributed by atoms with E-state index in [1.807, 2.05) is 24.3 Å². The van der Waals surface area contributed by atoms with Gasteiger partial charge in [-0.2, -0.15) is 0 Å². The SMILES string of the molecule is CCCCC#Cc1cccc(Oc2ccc(C(=O)O)cc2)c1. The first-order valence-corrected chi connectivity index (χ1v) is 7.29. The summed E-state index contributed by atoms with van der Waals surface area (Å²) in [6, 6.07) is 13.9. The molecule has 3 nitrogen and oxygen atoms in total. The van der Waals surface area contributed by atoms with Crippen LogP contribution in [0.15, 0.2) is 48.5 Å². The van der Waals surface area contributed by atoms with Crippen molar-refractivity contribution in [3.05, 3.63) is 59.7 Å². The summed E-state index contributed by atoms with van der Waals surface area (Å²) in [4.78, 5) is 10.8. The maximum atomic E-state index is 10.8. The van der Waals surface area contributed by atoms with Crippen LogP contribution in [0.2, 0.25) is 0 Å². The van der Waals surface area contributed by atoms with E-state index in [1.54, 1.807) is 12.1 Å². The molecular weight excluding hydrogens is 276 g/mol. The molecule has 0 bridgehead atoms. The van der Waals surface area contributed by atoms with E-state index in [4.69, 9.17) is 9.84 Å². The number of ether oxygens (including phenoxy) is 1. The summed E-state index contributed by atoms with van der Waals surface area (Å²) in [5.41, 5.74) is 1.15. The Morgan fingerprint density at radius 3 is 2.59 bits per heavy atom. The van der Waals surface area contributed by atoms with Crippen LogP contribution in [0.1, 0.15) is 42.1 Å². The van der Waals surface area contributed by atoms with Crippen molar-refractivity contribution in [2.75, 3.05) is 0 Å². The molecule has 1 N–H and O–H groups in total. The molecule has 2 aromatic rings. The maximum absolute atomic E-state index is 10.8. The molecule has 0 aromatic heterocycles. The quantitative estimate of drug-likeness (QED) is 0.641. The minimum Gasteiger partial charge on any atom is -0.478 e. The van der Waals surface area contributed by atoms with Crippen LogP contribution in [0.25, 0.3) is 0 Å². The number of carboxylic acids is 1. The average Bonchev–Trinajstić information content (AvgIpc) is 2.52. The third-order valence-electron chi connectivity index (χ3n) is 3.06. The molecule has 0 saturated carbocycles. The lowest BCUT2D eigenvalue weighted by Crippen LogP contribution is -1.95. The Hall–Kier alpha value is -2.73. The highest BCUT2D eigenvalue weighted by atomic mass is 16.5. The molecule has 0 heterocycles. The molecule has 0 saturated heterocycles. The van der Waals surface area contributed by atoms with E-state index >= 15 is 0 Å². The second kappa shape index (κ2) is 7.90. The van der Waals surface area contributed by atoms with Crippen molar-refractivity contribution in [1.29, 1.82) is 0 Å². The predicted octanol–water partition coefficient (Wildman–Crippen LogP) is 4.72. The van der Waals surface area contributed by atoms with Crippen LogP contribution in [-0.2, 0) is 0 Å². The number of carboxylic acid groups (broad SMARTS) is 1. The van der Waals surface area contributed by atoms with Gasteiger partial charge in [-0.3, -0.25) is 0 Å². The molecule has 0 atom stereocenters. The normalized spacial score (nSPS) is 9.68. The molecule has 3 heteroatoms. The molecule has 0 amide bonds. The second-order valence-electron chi connectivity index (χ2n) is 4.86. The van der Waals surface area contributed by atoms with Crippen molar-refractivity contribution in [1.82, 2.24) is 0 Å². The number of aromatic carboxylic acids is 1. The van der Waals surface area contributed by atoms with Crippen LogP contribution in [0, 0.1) is 11.8 Å². The molecule has 0 spiro atoms. The van der Waals surface area contributed by atoms with Gasteiger partial charge in [0.15, 0.2) is 0 Å². The van der Waals surface area contributed by atoms with E-state index < -0.39 is 5.97 Å². The van der Waals surface area contributed by atoms with Gasteiger partial charge in [-0.05, 0) is 48.9 Å². The third kappa shape index (κ3) is 4.68. The maximum Gasteiger partial charge on any atom is 0.335 e. The standard InChI is InChI=1S/C19H18O3/c1-2-3-4-5-7-15-8-6-9-18(14-15)22-17-12-10-16(11-13-17)19(20)21/h6,8-14H,2-4H2,1H3,(H,20,21). The van der Waals surface area contributed by atoms with E-state index in [2.05, 4.69) is 18.8 Å². The highest BCUT2D eigenvalue weighted by Crippen LogP contribution is 2.22. The number of hydrogen-bond acceptors (Lipinski definition) is 2. The van der Waals surface area contributed by atoms with Crippen molar-refractivity contribution >= 4 is 5.97 Å². The summed E-state index contributed by atoms with van der Waals surface area (Å²) in [5, 5.41) is 8.87. The minimum absolute atomic E-state index is 0.239. The highest BCUT2D eigenvalue weighted by molar-refractivity contribution is 5.87. The molecule has 22 heavy (non-hydrogen) atoms. The summed E-state index contributed by atoms with van der Waals surface area (Å²) < 4.78 is 5.72. The fourth-order valence-electron chi connectivity index (χ4n) is 1.87. The molecule has 0 aliphatic rings. The van der Waals surface area contributed by atoms with E-state index in [-0.39, 0.29) is 5.56 Å². The predicted molar refractivity (Wildman–Crippen MR) is 86.3 cm³/mol. The van der Waals surface area contributed by atoms with Crippen LogP contribution in [0.4, 0.5) is 0 Å². The van der Waals surface area contributed by atoms with Crippen LogP contribution >= 0.6 is 0 Å². The number of carbonyl (C=O) groups is 1. The second-order valence-corrected chi connectivity index (χ2v) is 4.86. The van der Waals surface area contributed by atoms with Crippen molar-refractivity contribution in [3.8, 4) is 23.3 Å². The van der Waals surface area contributed by atoms with Gasteiger partial charge in [0.05, 0.1) is 5.56 Å². The van der Waals surface area contributed by atoms with Gasteiger partial charge in [-0.15, -0.1) is 0 Å². The Balaban J connectivity index is 2.06. The molecular formula is C19H18O3. The Bertz CT molecular complexity index is 691. The monoisotopic (exact) mass is 294 g/mol. The first kappa shape index (κ1) is 15.7. The molecule has 2 aromatic carbocycles. The number of benzene rings is 2. The Labute approximate surface area is 130 Å². The first-order chi connectivity index (χ1) is 10.7. The van der Waals surface area contributed by atoms with Gasteiger partial charge in [-0.1, -0.05) is 31.3 Å². The number of hydrogen-bond donors (Lipinski definition) is 1. The topological polar surface area (TPSA) is 46.5 Å². The van der Waals surface area contributed by atoms with Gasteiger partial charge in [0.1, 0.15) is 11.5 Å². The first-order valence-electron chi connectivity index (χ1n) is 7.29. The molecule has 112 valence electrons. The Morgan fingerprint density at radius 1 is 1.14 bits per heavy atom. The molecule has 0 aliphatic heterocycles. The zero-order valence-corrected chi connectivity index (χ0v) is 12.5. The molecule has 0 aliphatic carbocycles. The van der Waals surface area contributed by atoms with Crippen molar-refractivity contribution < 1.29 is 14.6 Å². The van der Waals surface area contributed by atoms with Gasteiger partial charge in [0.25, 0.3) is 0 Å². The number of unbranched alkanes of at least 4 members (excludes halogenated alkanes) is 2. The van der Waals surface area contributed by atoms with Crippen LogP contribution in [0.5, 0.6) is 11.5 Å². The van der Waals surface area contributed by atoms with Gasteiger partial charge >= 0.3 is 5.97 Å². The minimum atomic E-state index is -0.948. The molecule has 0 radical (unpaired) electrons. The van der Waals surface area contributed by atoms with Crippen molar-refractivity contribution in [2.45, 2.75) is 26.2 Å². The lowest BCUT2D eigenvalue weighted by molar-refractivity contribution is 0.0697. The van der Waals surface area contributed by atoms with Crippen LogP contribution in [0.3, 0.4) is 0 Å². The average molecular weight is 294 g/mol. The van der Waals surface area contributed by atoms with Gasteiger partial charge in [0.2, 0.25) is 0 Å². The lowest BCUT2D eigenvalue weighted by Gasteiger charge is -2.06. The molecule has 0 unspecified atom stereocenters. The highest BCUT2D eigenvalue weighted by Gasteiger charge is 2.03. The van der Waals surface area contributed by atoms with Crippen LogP contribution < -0.4 is 4.74 Å². The fraction of sp³-hybridized carbons (Fsp3) is 0.211. The van der Waals surface area contributed by atoms with Crippen molar-refractivity contribution in [2.24, 2.45) is 0 Å². The van der Waals surface area contributed by atoms with E-state index in [9.17, 15) is 4.79 Å². The van der Waals surface area contributed by atoms with Crippen LogP contribution in [-0.4, -0.2) is 11.1 Å². The van der Waals surface area contributed by atoms with E-state index in [0.717, 1.165) is 24.8 Å². The molecule has 2 rings (SSSR count). The zero-order valence-electron chi connectivity index (χ0n) is 12.5.